The first-order valence-corrected chi connectivity index (χ1v) is 19.1. The molecular weight excluding hydrogens is 695 g/mol. The van der Waals surface area contributed by atoms with E-state index in [2.05, 4.69) is 64.9 Å². The molecule has 3 fully saturated rings. The van der Waals surface area contributed by atoms with Crippen molar-refractivity contribution >= 4 is 34.2 Å². The van der Waals surface area contributed by atoms with Crippen LogP contribution in [0.2, 0.25) is 0 Å². The molecule has 1 aliphatic carbocycles. The second kappa shape index (κ2) is 15.7. The van der Waals surface area contributed by atoms with Gasteiger partial charge in [0, 0.05) is 74.1 Å². The van der Waals surface area contributed by atoms with E-state index in [4.69, 9.17) is 4.52 Å². The fourth-order valence-corrected chi connectivity index (χ4v) is 8.17. The van der Waals surface area contributed by atoms with Gasteiger partial charge in [0.05, 0.1) is 40.7 Å². The van der Waals surface area contributed by atoms with Crippen molar-refractivity contribution in [1.82, 2.24) is 35.1 Å². The Bertz CT molecular complexity index is 2270. The molecule has 14 nitrogen and oxygen atoms in total. The summed E-state index contributed by atoms with van der Waals surface area (Å²) in [7, 11) is 0. The number of nitrogens with zero attached hydrogens (tertiary/aromatic N) is 9. The van der Waals surface area contributed by atoms with E-state index in [9.17, 15) is 20.1 Å². The van der Waals surface area contributed by atoms with Crippen LogP contribution in [0.4, 0.5) is 11.4 Å². The molecule has 0 bridgehead atoms. The first-order chi connectivity index (χ1) is 26.8. The van der Waals surface area contributed by atoms with E-state index in [1.807, 2.05) is 24.3 Å². The van der Waals surface area contributed by atoms with Crippen molar-refractivity contribution in [2.45, 2.75) is 69.7 Å². The Morgan fingerprint density at radius 3 is 2.51 bits per heavy atom. The molecular formula is C41H43N11O3. The summed E-state index contributed by atoms with van der Waals surface area (Å²) < 4.78 is 7.52. The van der Waals surface area contributed by atoms with Gasteiger partial charge in [-0.1, -0.05) is 17.3 Å². The van der Waals surface area contributed by atoms with E-state index in [1.165, 1.54) is 18.3 Å². The number of imide groups is 1. The molecule has 0 spiro atoms. The number of hydrogen-bond donors (Lipinski definition) is 2. The third-order valence-corrected chi connectivity index (χ3v) is 11.4. The minimum Gasteiger partial charge on any atom is -0.369 e. The van der Waals surface area contributed by atoms with Crippen molar-refractivity contribution in [3.63, 3.8) is 0 Å². The summed E-state index contributed by atoms with van der Waals surface area (Å²) >= 11 is 0. The second-order valence-corrected chi connectivity index (χ2v) is 14.9. The maximum Gasteiger partial charge on any atom is 0.234 e. The predicted molar refractivity (Wildman–Crippen MR) is 205 cm³/mol. The van der Waals surface area contributed by atoms with Gasteiger partial charge in [0.2, 0.25) is 11.8 Å². The lowest BCUT2D eigenvalue weighted by molar-refractivity contribution is -0.134. The van der Waals surface area contributed by atoms with Gasteiger partial charge in [0.15, 0.2) is 17.2 Å². The lowest BCUT2D eigenvalue weighted by Gasteiger charge is -2.37. The molecule has 1 saturated carbocycles. The zero-order valence-corrected chi connectivity index (χ0v) is 30.8. The molecule has 2 N–H and O–H groups in total. The maximum atomic E-state index is 12.3. The highest BCUT2D eigenvalue weighted by Crippen LogP contribution is 2.39. The van der Waals surface area contributed by atoms with Crippen molar-refractivity contribution in [1.29, 1.82) is 10.5 Å². The number of amides is 2. The van der Waals surface area contributed by atoms with E-state index in [-0.39, 0.29) is 17.7 Å². The Kier molecular flexibility index (Phi) is 10.2. The van der Waals surface area contributed by atoms with Gasteiger partial charge >= 0.3 is 0 Å². The van der Waals surface area contributed by atoms with E-state index in [0.717, 1.165) is 75.1 Å². The molecule has 55 heavy (non-hydrogen) atoms. The summed E-state index contributed by atoms with van der Waals surface area (Å²) in [5.74, 6) is 1.51. The van der Waals surface area contributed by atoms with Gasteiger partial charge in [0.1, 0.15) is 12.1 Å². The first kappa shape index (κ1) is 35.9. The maximum absolute atomic E-state index is 12.3. The molecule has 4 aromatic heterocycles. The molecule has 1 unspecified atom stereocenters. The van der Waals surface area contributed by atoms with Crippen molar-refractivity contribution in [3.05, 3.63) is 77.9 Å². The Balaban J connectivity index is 0.836. The minimum absolute atomic E-state index is 0.184. The van der Waals surface area contributed by atoms with Gasteiger partial charge in [-0.2, -0.15) is 20.3 Å². The lowest BCUT2D eigenvalue weighted by Crippen LogP contribution is -2.47. The molecule has 0 radical (unpaired) electrons. The zero-order valence-electron chi connectivity index (χ0n) is 30.8. The lowest BCUT2D eigenvalue weighted by atomic mass is 9.79. The van der Waals surface area contributed by atoms with Crippen LogP contribution >= 0.6 is 0 Å². The second-order valence-electron chi connectivity index (χ2n) is 14.9. The number of nitriles is 2. The highest BCUT2D eigenvalue weighted by Gasteiger charge is 2.29. The van der Waals surface area contributed by atoms with Crippen LogP contribution in [-0.4, -0.2) is 80.4 Å². The molecule has 8 rings (SSSR count). The number of carbonyl (C=O) groups excluding carboxylic acids is 2. The molecule has 2 atom stereocenters. The van der Waals surface area contributed by atoms with Gasteiger partial charge in [-0.15, -0.1) is 0 Å². The molecule has 14 heteroatoms. The van der Waals surface area contributed by atoms with Crippen molar-refractivity contribution in [2.24, 2.45) is 5.92 Å². The molecule has 1 aromatic carbocycles. The molecule has 5 aromatic rings. The Hall–Kier alpha value is -6.12. The monoisotopic (exact) mass is 737 g/mol. The summed E-state index contributed by atoms with van der Waals surface area (Å²) in [6.07, 6.45) is 11.5. The van der Waals surface area contributed by atoms with Gasteiger partial charge < -0.3 is 14.7 Å². The van der Waals surface area contributed by atoms with Crippen LogP contribution in [0.15, 0.2) is 65.6 Å². The molecule has 6 heterocycles. The number of piperidine rings is 1. The number of benzene rings is 1. The molecule has 2 saturated heterocycles. The van der Waals surface area contributed by atoms with Crippen LogP contribution in [0.3, 0.4) is 0 Å². The quantitative estimate of drug-likeness (QED) is 0.168. The summed E-state index contributed by atoms with van der Waals surface area (Å²) in [6.45, 7) is 6.92. The normalized spacial score (nSPS) is 21.1. The number of piperazine rings is 1. The average molecular weight is 738 g/mol. The van der Waals surface area contributed by atoms with Gasteiger partial charge in [-0.25, -0.2) is 9.97 Å². The number of fused-ring (bicyclic) bond motifs is 1. The molecule has 2 amide bonds. The van der Waals surface area contributed by atoms with Crippen LogP contribution in [0.1, 0.15) is 80.5 Å². The average Bonchev–Trinajstić information content (AvgIpc) is 3.88. The van der Waals surface area contributed by atoms with Crippen LogP contribution < -0.4 is 15.5 Å². The number of nitrogens with one attached hydrogen (secondary N) is 2. The number of carbonyl (C=O) groups is 2. The fourth-order valence-electron chi connectivity index (χ4n) is 8.17. The SMILES string of the molecule is C[C@H](C#N)Nc1cc(-n2ncc3cc(C#N)cnc32)ncc1-c1cc(C2CCC(CCN3CCN(c4ccc(C5CCC(=O)NC5=O)cc4)CC3)CC2)no1. The molecule has 2 aliphatic heterocycles. The van der Waals surface area contributed by atoms with Crippen LogP contribution in [0, 0.1) is 28.6 Å². The minimum atomic E-state index is -0.466. The number of rotatable bonds is 10. The van der Waals surface area contributed by atoms with E-state index in [0.29, 0.717) is 58.7 Å². The number of pyridine rings is 2. The van der Waals surface area contributed by atoms with Crippen molar-refractivity contribution in [2.75, 3.05) is 42.9 Å². The largest absolute Gasteiger partial charge is 0.369 e. The smallest absolute Gasteiger partial charge is 0.234 e. The highest BCUT2D eigenvalue weighted by atomic mass is 16.5. The number of hydrogen-bond acceptors (Lipinski definition) is 12. The van der Waals surface area contributed by atoms with Gasteiger partial charge in [-0.3, -0.25) is 19.8 Å². The number of aromatic nitrogens is 5. The molecule has 280 valence electrons. The number of anilines is 2. The Morgan fingerprint density at radius 2 is 1.76 bits per heavy atom. The summed E-state index contributed by atoms with van der Waals surface area (Å²) in [4.78, 5) is 37.9. The van der Waals surface area contributed by atoms with Crippen molar-refractivity contribution < 1.29 is 14.1 Å². The zero-order chi connectivity index (χ0) is 37.9. The van der Waals surface area contributed by atoms with Crippen LogP contribution in [0.5, 0.6) is 0 Å². The third kappa shape index (κ3) is 7.77. The standard InChI is InChI=1S/C41H43N11O3/c1-26(21-42)47-36-20-38(52-40-31(24-46-52)18-28(22-43)23-45-40)44-25-34(36)37-19-35(49-55-37)30-4-2-27(3-5-30)12-13-50-14-16-51(17-15-50)32-8-6-29(7-9-32)33-10-11-39(53)48-41(33)54/h6-9,18-20,23-27,30,33H,2-5,10-17H2,1H3,(H,44,47)(H,48,53,54)/t26-,27?,30?,33?/m1/s1. The van der Waals surface area contributed by atoms with Gasteiger partial charge in [-0.05, 0) is 81.7 Å². The van der Waals surface area contributed by atoms with Crippen molar-refractivity contribution in [3.8, 4) is 29.3 Å². The Labute approximate surface area is 319 Å². The summed E-state index contributed by atoms with van der Waals surface area (Å²) in [6, 6.07) is 17.7. The van der Waals surface area contributed by atoms with Gasteiger partial charge in [0.25, 0.3) is 0 Å². The van der Waals surface area contributed by atoms with Crippen LogP contribution in [-0.2, 0) is 9.59 Å². The first-order valence-electron chi connectivity index (χ1n) is 19.1. The molecule has 3 aliphatic rings. The Morgan fingerprint density at radius 1 is 0.964 bits per heavy atom. The topological polar surface area (TPSA) is 182 Å². The summed E-state index contributed by atoms with van der Waals surface area (Å²) in [5.41, 5.74) is 5.51. The fraction of sp³-hybridized carbons (Fsp3) is 0.415. The van der Waals surface area contributed by atoms with E-state index in [1.54, 1.807) is 30.1 Å². The van der Waals surface area contributed by atoms with E-state index < -0.39 is 6.04 Å². The summed E-state index contributed by atoms with van der Waals surface area (Å²) in [5, 5.41) is 34.2. The van der Waals surface area contributed by atoms with Crippen LogP contribution in [0.25, 0.3) is 28.2 Å². The predicted octanol–water partition coefficient (Wildman–Crippen LogP) is 5.67. The van der Waals surface area contributed by atoms with E-state index >= 15 is 0 Å². The third-order valence-electron chi connectivity index (χ3n) is 11.4. The highest BCUT2D eigenvalue weighted by molar-refractivity contribution is 6.01.